The van der Waals surface area contributed by atoms with Crippen molar-refractivity contribution in [3.05, 3.63) is 43.0 Å². The number of hydrogen-bond acceptors (Lipinski definition) is 8. The SMILES string of the molecule is O=N[O-].[C-]#N.[C-]#N.[C-]#N.[C-]#N.[C-]#N.[Fe+2].[Fe+3]. The molecule has 0 fully saturated rings. The average Bonchev–Trinajstić information content (AvgIpc) is 2.32. The maximum atomic E-state index is 8.00. The summed E-state index contributed by atoms with van der Waals surface area (Å²) in [5, 5.41) is 40.2. The predicted molar refractivity (Wildman–Crippen MR) is 34.0 cm³/mol. The Balaban J connectivity index is -0.00000000643. The quantitative estimate of drug-likeness (QED) is 0.273. The Bertz CT molecular complexity index is 117. The molecule has 0 aliphatic heterocycles. The van der Waals surface area contributed by atoms with Gasteiger partial charge in [0, 0.05) is 0 Å². The van der Waals surface area contributed by atoms with Crippen molar-refractivity contribution in [2.24, 2.45) is 5.34 Å². The molecule has 1 radical (unpaired) electrons. The van der Waals surface area contributed by atoms with Crippen molar-refractivity contribution in [3.8, 4) is 0 Å². The zero-order valence-electron chi connectivity index (χ0n) is 6.71. The predicted octanol–water partition coefficient (Wildman–Crippen LogP) is 0.727. The van der Waals surface area contributed by atoms with Crippen molar-refractivity contribution >= 4 is 0 Å². The van der Waals surface area contributed by atoms with Crippen LogP contribution >= 0.6 is 0 Å². The molecule has 0 saturated carbocycles. The molecule has 0 heterocycles. The molecule has 0 aliphatic rings. The van der Waals surface area contributed by atoms with Gasteiger partial charge < -0.3 is 69.3 Å². The van der Waals surface area contributed by atoms with Gasteiger partial charge in [-0.05, 0) is 0 Å². The van der Waals surface area contributed by atoms with Crippen molar-refractivity contribution < 1.29 is 34.1 Å². The first-order valence-electron chi connectivity index (χ1n) is 1.48. The van der Waals surface area contributed by atoms with Crippen LogP contribution < -0.4 is 0 Å². The van der Waals surface area contributed by atoms with Crippen LogP contribution in [0.3, 0.4) is 0 Å². The molecular weight excluding hydrogens is 288 g/mol. The molecule has 0 atom stereocenters. The third kappa shape index (κ3) is 261. The second-order valence-electron chi connectivity index (χ2n) is 0.0745. The molecule has 0 aromatic heterocycles. The minimum atomic E-state index is 0. The number of rotatable bonds is 0. The zero-order chi connectivity index (χ0) is 12.7. The smallest absolute Gasteiger partial charge is 0.512 e. The summed E-state index contributed by atoms with van der Waals surface area (Å²) < 4.78 is 0. The molecule has 8 nitrogen and oxygen atoms in total. The summed E-state index contributed by atoms with van der Waals surface area (Å²) in [6.07, 6.45) is 0. The van der Waals surface area contributed by atoms with Gasteiger partial charge in [-0.15, -0.1) is 5.34 Å². The van der Waals surface area contributed by atoms with E-state index in [9.17, 15) is 0 Å². The molecule has 0 aromatic carbocycles. The molecule has 0 saturated heterocycles. The van der Waals surface area contributed by atoms with E-state index >= 15 is 0 Å². The van der Waals surface area contributed by atoms with Gasteiger partial charge >= 0.3 is 34.1 Å². The molecule has 0 spiro atoms. The maximum absolute atomic E-state index is 8.00. The van der Waals surface area contributed by atoms with Crippen LogP contribution in [0.2, 0.25) is 0 Å². The van der Waals surface area contributed by atoms with E-state index in [1.165, 1.54) is 0 Å². The molecule has 10 heteroatoms. The van der Waals surface area contributed by atoms with Gasteiger partial charge in [0.25, 0.3) is 0 Å². The van der Waals surface area contributed by atoms with E-state index < -0.39 is 0 Å². The third-order valence-corrected chi connectivity index (χ3v) is 0. The van der Waals surface area contributed by atoms with Gasteiger partial charge in [0.15, 0.2) is 0 Å². The summed E-state index contributed by atoms with van der Waals surface area (Å²) in [6, 6.07) is 0. The Morgan fingerprint density at radius 2 is 0.733 bits per heavy atom. The number of nitrogens with zero attached hydrogens (tertiary/aromatic N) is 6. The first-order valence-corrected chi connectivity index (χ1v) is 1.48. The topological polar surface area (TPSA) is 171 Å². The fourth-order valence-electron chi connectivity index (χ4n) is 0. The third-order valence-electron chi connectivity index (χ3n) is 0. The van der Waals surface area contributed by atoms with Crippen LogP contribution in [0.4, 0.5) is 0 Å². The van der Waals surface area contributed by atoms with Crippen molar-refractivity contribution in [3.63, 3.8) is 0 Å². The van der Waals surface area contributed by atoms with Gasteiger partial charge in [-0.25, -0.2) is 0 Å². The van der Waals surface area contributed by atoms with Crippen molar-refractivity contribution in [2.75, 3.05) is 0 Å². The normalized spacial score (nSPS) is 1.47. The number of hydrogen-bond donors (Lipinski definition) is 0. The Kier molecular flexibility index (Phi) is 5800. The Hall–Kier alpha value is -2.11. The summed E-state index contributed by atoms with van der Waals surface area (Å²) in [7, 11) is 0. The summed E-state index contributed by atoms with van der Waals surface area (Å²) in [4.78, 5) is 8.00. The van der Waals surface area contributed by atoms with E-state index in [0.717, 1.165) is 5.34 Å². The van der Waals surface area contributed by atoms with E-state index in [-0.39, 0.29) is 34.1 Å². The molecule has 0 aromatic rings. The Labute approximate surface area is 109 Å². The fourth-order valence-corrected chi connectivity index (χ4v) is 0. The maximum Gasteiger partial charge on any atom is 3.00 e. The van der Waals surface area contributed by atoms with Crippen LogP contribution in [0.1, 0.15) is 0 Å². The molecule has 0 aliphatic carbocycles. The van der Waals surface area contributed by atoms with Crippen LogP contribution in [0, 0.1) is 69.3 Å². The van der Waals surface area contributed by atoms with Gasteiger partial charge in [0.1, 0.15) is 0 Å². The molecule has 15 heavy (non-hydrogen) atoms. The second-order valence-corrected chi connectivity index (χ2v) is 0.0745. The largest absolute Gasteiger partial charge is 3.00 e. The van der Waals surface area contributed by atoms with Crippen molar-refractivity contribution in [1.82, 2.24) is 0 Å². The Morgan fingerprint density at radius 3 is 0.733 bits per heavy atom. The summed E-state index contributed by atoms with van der Waals surface area (Å²) in [5.74, 6) is 0. The molecule has 0 bridgehead atoms. The molecule has 0 N–H and O–H groups in total. The van der Waals surface area contributed by atoms with Crippen LogP contribution in [-0.4, -0.2) is 0 Å². The van der Waals surface area contributed by atoms with Crippen LogP contribution in [-0.2, 0) is 34.1 Å². The first kappa shape index (κ1) is 76.2. The van der Waals surface area contributed by atoms with Gasteiger partial charge in [-0.1, -0.05) is 0 Å². The summed E-state index contributed by atoms with van der Waals surface area (Å²) in [6.45, 7) is 23.8. The minimum absolute atomic E-state index is 0. The van der Waals surface area contributed by atoms with E-state index in [0.29, 0.717) is 0 Å². The Morgan fingerprint density at radius 1 is 0.733 bits per heavy atom. The molecular formula is C5Fe2N6O2-. The minimum Gasteiger partial charge on any atom is -0.512 e. The zero-order valence-corrected chi connectivity index (χ0v) is 8.92. The van der Waals surface area contributed by atoms with Gasteiger partial charge in [-0.3, -0.25) is 0 Å². The van der Waals surface area contributed by atoms with Gasteiger partial charge in [0.2, 0.25) is 0 Å². The van der Waals surface area contributed by atoms with E-state index in [1.807, 2.05) is 0 Å². The van der Waals surface area contributed by atoms with Crippen LogP contribution in [0.5, 0.6) is 0 Å². The fraction of sp³-hybridized carbons (Fsp3) is 0. The molecule has 0 rings (SSSR count). The first-order chi connectivity index (χ1) is 6.41. The van der Waals surface area contributed by atoms with Gasteiger partial charge in [0.05, 0.1) is 0 Å². The average molecular weight is 288 g/mol. The van der Waals surface area contributed by atoms with Crippen molar-refractivity contribution in [1.29, 1.82) is 26.3 Å². The summed E-state index contributed by atoms with van der Waals surface area (Å²) in [5.41, 5.74) is 0. The second kappa shape index (κ2) is 1140. The molecule has 0 unspecified atom stereocenters. The van der Waals surface area contributed by atoms with Crippen LogP contribution in [0.15, 0.2) is 5.34 Å². The molecule has 79 valence electrons. The van der Waals surface area contributed by atoms with Crippen molar-refractivity contribution in [2.45, 2.75) is 0 Å². The van der Waals surface area contributed by atoms with E-state index in [1.54, 1.807) is 0 Å². The monoisotopic (exact) mass is 288 g/mol. The van der Waals surface area contributed by atoms with Gasteiger partial charge in [-0.2, -0.15) is 0 Å². The van der Waals surface area contributed by atoms with E-state index in [4.69, 9.17) is 69.3 Å². The van der Waals surface area contributed by atoms with Crippen LogP contribution in [0.25, 0.3) is 0 Å². The van der Waals surface area contributed by atoms with E-state index in [2.05, 4.69) is 0 Å². The summed E-state index contributed by atoms with van der Waals surface area (Å²) >= 11 is 0. The molecule has 0 amide bonds. The standard InChI is InChI=1S/5CN.2Fe.HNO2/c5*1-2;;;2-1-3/h;;;;;;;(H,2,3)/q5*-1;+2;+3;/p-1.